The van der Waals surface area contributed by atoms with Gasteiger partial charge in [0.15, 0.2) is 0 Å². The minimum atomic E-state index is -0.111. The van der Waals surface area contributed by atoms with Crippen molar-refractivity contribution in [2.45, 2.75) is 25.7 Å². The van der Waals surface area contributed by atoms with Crippen molar-refractivity contribution >= 4 is 11.6 Å². The summed E-state index contributed by atoms with van der Waals surface area (Å²) in [5, 5.41) is 4.07. The molecule has 0 N–H and O–H groups in total. The first-order chi connectivity index (χ1) is 10.1. The van der Waals surface area contributed by atoms with Crippen molar-refractivity contribution in [1.29, 1.82) is 0 Å². The average Bonchev–Trinajstić information content (AvgIpc) is 3.04. The van der Waals surface area contributed by atoms with Gasteiger partial charge in [0.25, 0.3) is 5.56 Å². The molecule has 3 heterocycles. The predicted molar refractivity (Wildman–Crippen MR) is 80.2 cm³/mol. The van der Waals surface area contributed by atoms with E-state index in [1.165, 1.54) is 4.68 Å². The third-order valence-electron chi connectivity index (χ3n) is 4.51. The van der Waals surface area contributed by atoms with Gasteiger partial charge in [0.05, 0.1) is 17.8 Å². The van der Waals surface area contributed by atoms with Crippen LogP contribution in [0.4, 0.5) is 5.69 Å². The molecule has 6 heteroatoms. The van der Waals surface area contributed by atoms with E-state index in [4.69, 9.17) is 0 Å². The van der Waals surface area contributed by atoms with Gasteiger partial charge < -0.3 is 9.80 Å². The summed E-state index contributed by atoms with van der Waals surface area (Å²) in [6, 6.07) is 1.61. The van der Waals surface area contributed by atoms with Gasteiger partial charge in [-0.2, -0.15) is 5.10 Å². The predicted octanol–water partition coefficient (Wildman–Crippen LogP) is 0.619. The van der Waals surface area contributed by atoms with Crippen LogP contribution in [0.3, 0.4) is 0 Å². The second-order valence-electron chi connectivity index (χ2n) is 5.99. The molecule has 2 aliphatic rings. The molecule has 0 aromatic carbocycles. The molecule has 0 unspecified atom stereocenters. The molecule has 21 heavy (non-hydrogen) atoms. The van der Waals surface area contributed by atoms with E-state index in [1.807, 2.05) is 4.90 Å². The Bertz CT molecular complexity index is 577. The Morgan fingerprint density at radius 2 is 2.00 bits per heavy atom. The molecule has 114 valence electrons. The van der Waals surface area contributed by atoms with Crippen LogP contribution < -0.4 is 10.5 Å². The fourth-order valence-electron chi connectivity index (χ4n) is 3.24. The number of rotatable bonds is 2. The van der Waals surface area contributed by atoms with Crippen LogP contribution in [0.1, 0.15) is 25.7 Å². The maximum absolute atomic E-state index is 12.5. The van der Waals surface area contributed by atoms with Gasteiger partial charge in [0, 0.05) is 39.3 Å². The lowest BCUT2D eigenvalue weighted by Crippen LogP contribution is -2.44. The number of carbonyl (C=O) groups excluding carboxylic acids is 1. The largest absolute Gasteiger partial charge is 0.369 e. The third-order valence-corrected chi connectivity index (χ3v) is 4.51. The van der Waals surface area contributed by atoms with E-state index >= 15 is 0 Å². The van der Waals surface area contributed by atoms with Crippen LogP contribution in [-0.2, 0) is 11.8 Å². The first-order valence-electron chi connectivity index (χ1n) is 7.72. The molecule has 1 aromatic heterocycles. The number of carbonyl (C=O) groups is 1. The second-order valence-corrected chi connectivity index (χ2v) is 5.99. The van der Waals surface area contributed by atoms with Gasteiger partial charge in [-0.25, -0.2) is 4.68 Å². The second kappa shape index (κ2) is 5.87. The standard InChI is InChI=1S/C15H22N4O2/c1-17-14(20)9-13(10-16-17)19-8-4-5-12(11-19)15(21)18-6-2-3-7-18/h9-10,12H,2-8,11H2,1H3/t12-/m1/s1. The van der Waals surface area contributed by atoms with Crippen LogP contribution >= 0.6 is 0 Å². The van der Waals surface area contributed by atoms with Crippen molar-refractivity contribution in [3.8, 4) is 0 Å². The number of piperidine rings is 1. The lowest BCUT2D eigenvalue weighted by Gasteiger charge is -2.35. The van der Waals surface area contributed by atoms with E-state index in [9.17, 15) is 9.59 Å². The monoisotopic (exact) mass is 290 g/mol. The van der Waals surface area contributed by atoms with Gasteiger partial charge >= 0.3 is 0 Å². The molecule has 6 nitrogen and oxygen atoms in total. The Balaban J connectivity index is 1.71. The Hall–Kier alpha value is -1.85. The normalized spacial score (nSPS) is 22.6. The lowest BCUT2D eigenvalue weighted by molar-refractivity contribution is -0.134. The van der Waals surface area contributed by atoms with Gasteiger partial charge in [0.2, 0.25) is 5.91 Å². The number of hydrogen-bond acceptors (Lipinski definition) is 4. The molecule has 2 aliphatic heterocycles. The molecule has 1 atom stereocenters. The smallest absolute Gasteiger partial charge is 0.268 e. The summed E-state index contributed by atoms with van der Waals surface area (Å²) in [7, 11) is 1.64. The first kappa shape index (κ1) is 14.1. The number of aryl methyl sites for hydroxylation is 1. The van der Waals surface area contributed by atoms with Gasteiger partial charge in [-0.15, -0.1) is 0 Å². The van der Waals surface area contributed by atoms with Crippen LogP contribution in [0.15, 0.2) is 17.1 Å². The molecule has 3 rings (SSSR count). The zero-order valence-corrected chi connectivity index (χ0v) is 12.5. The minimum Gasteiger partial charge on any atom is -0.369 e. The average molecular weight is 290 g/mol. The minimum absolute atomic E-state index is 0.0564. The molecule has 1 amide bonds. The molecule has 1 aromatic rings. The number of hydrogen-bond donors (Lipinski definition) is 0. The van der Waals surface area contributed by atoms with Crippen molar-refractivity contribution in [1.82, 2.24) is 14.7 Å². The van der Waals surface area contributed by atoms with Gasteiger partial charge in [-0.3, -0.25) is 9.59 Å². The van der Waals surface area contributed by atoms with E-state index in [1.54, 1.807) is 19.3 Å². The quantitative estimate of drug-likeness (QED) is 0.801. The maximum Gasteiger partial charge on any atom is 0.268 e. The molecule has 0 radical (unpaired) electrons. The molecule has 0 spiro atoms. The van der Waals surface area contributed by atoms with E-state index < -0.39 is 0 Å². The summed E-state index contributed by atoms with van der Waals surface area (Å²) in [5.74, 6) is 0.343. The zero-order valence-electron chi connectivity index (χ0n) is 12.5. The molecular formula is C15H22N4O2. The highest BCUT2D eigenvalue weighted by Gasteiger charge is 2.30. The lowest BCUT2D eigenvalue weighted by atomic mass is 9.96. The maximum atomic E-state index is 12.5. The van der Waals surface area contributed by atoms with E-state index in [2.05, 4.69) is 10.00 Å². The van der Waals surface area contributed by atoms with Crippen molar-refractivity contribution in [3.05, 3.63) is 22.6 Å². The van der Waals surface area contributed by atoms with Crippen LogP contribution in [0.2, 0.25) is 0 Å². The fourth-order valence-corrected chi connectivity index (χ4v) is 3.24. The van der Waals surface area contributed by atoms with E-state index in [-0.39, 0.29) is 17.4 Å². The van der Waals surface area contributed by atoms with E-state index in [0.29, 0.717) is 6.54 Å². The molecule has 0 aliphatic carbocycles. The Labute approximate surface area is 124 Å². The molecule has 2 saturated heterocycles. The van der Waals surface area contributed by atoms with Crippen LogP contribution in [0.25, 0.3) is 0 Å². The van der Waals surface area contributed by atoms with Crippen LogP contribution in [-0.4, -0.2) is 46.8 Å². The summed E-state index contributed by atoms with van der Waals surface area (Å²) in [5.41, 5.74) is 0.720. The highest BCUT2D eigenvalue weighted by molar-refractivity contribution is 5.80. The van der Waals surface area contributed by atoms with Crippen LogP contribution in [0.5, 0.6) is 0 Å². The van der Waals surface area contributed by atoms with Crippen molar-refractivity contribution in [2.75, 3.05) is 31.1 Å². The number of anilines is 1. The highest BCUT2D eigenvalue weighted by Crippen LogP contribution is 2.24. The molecule has 2 fully saturated rings. The molecular weight excluding hydrogens is 268 g/mol. The fraction of sp³-hybridized carbons (Fsp3) is 0.667. The topological polar surface area (TPSA) is 58.4 Å². The summed E-state index contributed by atoms with van der Waals surface area (Å²) in [6.07, 6.45) is 5.90. The number of nitrogens with zero attached hydrogens (tertiary/aromatic N) is 4. The Morgan fingerprint density at radius 3 is 2.71 bits per heavy atom. The van der Waals surface area contributed by atoms with Crippen molar-refractivity contribution < 1.29 is 4.79 Å². The SMILES string of the molecule is Cn1ncc(N2CCC[C@@H](C(=O)N3CCCC3)C2)cc1=O. The summed E-state index contributed by atoms with van der Waals surface area (Å²) in [6.45, 7) is 3.40. The van der Waals surface area contributed by atoms with Gasteiger partial charge in [0.1, 0.15) is 0 Å². The summed E-state index contributed by atoms with van der Waals surface area (Å²) in [4.78, 5) is 28.3. The van der Waals surface area contributed by atoms with Gasteiger partial charge in [-0.05, 0) is 25.7 Å². The number of aromatic nitrogens is 2. The Morgan fingerprint density at radius 1 is 1.24 bits per heavy atom. The molecule has 0 saturated carbocycles. The third kappa shape index (κ3) is 2.94. The number of amides is 1. The first-order valence-corrected chi connectivity index (χ1v) is 7.72. The summed E-state index contributed by atoms with van der Waals surface area (Å²) < 4.78 is 1.32. The van der Waals surface area contributed by atoms with Crippen molar-refractivity contribution in [3.63, 3.8) is 0 Å². The number of likely N-dealkylation sites (tertiary alicyclic amines) is 1. The molecule has 0 bridgehead atoms. The van der Waals surface area contributed by atoms with Gasteiger partial charge in [-0.1, -0.05) is 0 Å². The van der Waals surface area contributed by atoms with E-state index in [0.717, 1.165) is 51.0 Å². The summed E-state index contributed by atoms with van der Waals surface area (Å²) >= 11 is 0. The zero-order chi connectivity index (χ0) is 14.8. The Kier molecular flexibility index (Phi) is 3.94. The van der Waals surface area contributed by atoms with Crippen LogP contribution in [0, 0.1) is 5.92 Å². The highest BCUT2D eigenvalue weighted by atomic mass is 16.2. The van der Waals surface area contributed by atoms with Crippen molar-refractivity contribution in [2.24, 2.45) is 13.0 Å².